The number of likely N-dealkylation sites (tertiary alicyclic amines) is 1. The Morgan fingerprint density at radius 3 is 3.14 bits per heavy atom. The molecule has 0 radical (unpaired) electrons. The maximum absolute atomic E-state index is 12.0. The van der Waals surface area contributed by atoms with Crippen LogP contribution in [0.5, 0.6) is 0 Å². The highest BCUT2D eigenvalue weighted by atomic mass is 16.3. The molecule has 1 fully saturated rings. The van der Waals surface area contributed by atoms with Gasteiger partial charge in [-0.3, -0.25) is 9.78 Å². The fourth-order valence-corrected chi connectivity index (χ4v) is 2.81. The molecular formula is C15H14N4O2. The van der Waals surface area contributed by atoms with Gasteiger partial charge in [0.2, 0.25) is 5.76 Å². The third kappa shape index (κ3) is 2.08. The molecule has 1 saturated heterocycles. The summed E-state index contributed by atoms with van der Waals surface area (Å²) in [5, 5.41) is 1.17. The Hall–Kier alpha value is -2.63. The van der Waals surface area contributed by atoms with Gasteiger partial charge in [0.15, 0.2) is 6.39 Å². The summed E-state index contributed by atoms with van der Waals surface area (Å²) in [6.07, 6.45) is 7.37. The van der Waals surface area contributed by atoms with E-state index in [9.17, 15) is 4.79 Å². The van der Waals surface area contributed by atoms with E-state index in [1.54, 1.807) is 4.90 Å². The summed E-state index contributed by atoms with van der Waals surface area (Å²) < 4.78 is 5.03. The van der Waals surface area contributed by atoms with Crippen LogP contribution in [0.15, 0.2) is 41.5 Å². The SMILES string of the molecule is O=C(c1cnco1)N1CC(Cc2nccc3cc[nH]c23)C1. The molecule has 1 aliphatic rings. The van der Waals surface area contributed by atoms with Gasteiger partial charge < -0.3 is 14.3 Å². The van der Waals surface area contributed by atoms with Crippen LogP contribution < -0.4 is 0 Å². The van der Waals surface area contributed by atoms with Crippen LogP contribution >= 0.6 is 0 Å². The van der Waals surface area contributed by atoms with Crippen molar-refractivity contribution in [2.24, 2.45) is 5.92 Å². The van der Waals surface area contributed by atoms with Gasteiger partial charge in [-0.2, -0.15) is 0 Å². The Balaban J connectivity index is 1.42. The summed E-state index contributed by atoms with van der Waals surface area (Å²) >= 11 is 0. The average Bonchev–Trinajstić information content (AvgIpc) is 3.11. The van der Waals surface area contributed by atoms with Crippen LogP contribution in [0, 0.1) is 5.92 Å². The lowest BCUT2D eigenvalue weighted by atomic mass is 9.93. The molecule has 4 heterocycles. The van der Waals surface area contributed by atoms with E-state index in [0.29, 0.717) is 11.7 Å². The molecule has 6 nitrogen and oxygen atoms in total. The van der Waals surface area contributed by atoms with Crippen LogP contribution in [-0.4, -0.2) is 38.8 Å². The smallest absolute Gasteiger partial charge is 0.291 e. The number of aromatic nitrogens is 3. The fourth-order valence-electron chi connectivity index (χ4n) is 2.81. The van der Waals surface area contributed by atoms with Crippen LogP contribution in [0.2, 0.25) is 0 Å². The molecule has 6 heteroatoms. The van der Waals surface area contributed by atoms with E-state index in [1.165, 1.54) is 18.0 Å². The summed E-state index contributed by atoms with van der Waals surface area (Å²) in [6, 6.07) is 4.04. The summed E-state index contributed by atoms with van der Waals surface area (Å²) in [7, 11) is 0. The number of amides is 1. The highest BCUT2D eigenvalue weighted by molar-refractivity contribution is 5.91. The third-order valence-electron chi connectivity index (χ3n) is 3.92. The molecule has 4 rings (SSSR count). The minimum Gasteiger partial charge on any atom is -0.438 e. The molecule has 1 aliphatic heterocycles. The van der Waals surface area contributed by atoms with Crippen molar-refractivity contribution in [2.75, 3.05) is 13.1 Å². The van der Waals surface area contributed by atoms with Crippen molar-refractivity contribution in [1.29, 1.82) is 0 Å². The fraction of sp³-hybridized carbons (Fsp3) is 0.267. The minimum absolute atomic E-state index is 0.0882. The monoisotopic (exact) mass is 282 g/mol. The summed E-state index contributed by atoms with van der Waals surface area (Å²) in [4.78, 5) is 25.3. The van der Waals surface area contributed by atoms with Crippen LogP contribution in [0.4, 0.5) is 0 Å². The zero-order valence-electron chi connectivity index (χ0n) is 11.3. The molecule has 0 bridgehead atoms. The largest absolute Gasteiger partial charge is 0.438 e. The minimum atomic E-state index is -0.0882. The normalized spacial score (nSPS) is 15.3. The van der Waals surface area contributed by atoms with E-state index >= 15 is 0 Å². The third-order valence-corrected chi connectivity index (χ3v) is 3.92. The van der Waals surface area contributed by atoms with Gasteiger partial charge in [-0.15, -0.1) is 0 Å². The molecule has 3 aromatic heterocycles. The molecule has 21 heavy (non-hydrogen) atoms. The number of hydrogen-bond donors (Lipinski definition) is 1. The number of pyridine rings is 1. The maximum atomic E-state index is 12.0. The lowest BCUT2D eigenvalue weighted by molar-refractivity contribution is 0.0468. The van der Waals surface area contributed by atoms with E-state index in [4.69, 9.17) is 4.42 Å². The Kier molecular flexibility index (Phi) is 2.73. The molecule has 0 aromatic carbocycles. The quantitative estimate of drug-likeness (QED) is 0.795. The first-order chi connectivity index (χ1) is 10.3. The molecule has 0 unspecified atom stereocenters. The number of fused-ring (bicyclic) bond motifs is 1. The van der Waals surface area contributed by atoms with Crippen molar-refractivity contribution in [3.05, 3.63) is 48.6 Å². The molecule has 3 aromatic rings. The molecular weight excluding hydrogens is 268 g/mol. The number of nitrogens with zero attached hydrogens (tertiary/aromatic N) is 3. The first kappa shape index (κ1) is 12.1. The molecule has 0 saturated carbocycles. The summed E-state index contributed by atoms with van der Waals surface area (Å²) in [6.45, 7) is 1.47. The van der Waals surface area contributed by atoms with Crippen LogP contribution in [0.3, 0.4) is 0 Å². The van der Waals surface area contributed by atoms with Gasteiger partial charge in [0.05, 0.1) is 17.4 Å². The second kappa shape index (κ2) is 4.73. The van der Waals surface area contributed by atoms with Crippen molar-refractivity contribution in [3.8, 4) is 0 Å². The Labute approximate surface area is 120 Å². The van der Waals surface area contributed by atoms with Gasteiger partial charge in [0.1, 0.15) is 0 Å². The molecule has 106 valence electrons. The lowest BCUT2D eigenvalue weighted by Gasteiger charge is -2.38. The van der Waals surface area contributed by atoms with Gasteiger partial charge in [-0.25, -0.2) is 4.98 Å². The van der Waals surface area contributed by atoms with Crippen molar-refractivity contribution in [3.63, 3.8) is 0 Å². The second-order valence-corrected chi connectivity index (χ2v) is 5.35. The van der Waals surface area contributed by atoms with Crippen molar-refractivity contribution in [1.82, 2.24) is 19.9 Å². The highest BCUT2D eigenvalue weighted by Crippen LogP contribution is 2.24. The molecule has 0 aliphatic carbocycles. The Morgan fingerprint density at radius 2 is 2.33 bits per heavy atom. The van der Waals surface area contributed by atoms with Crippen molar-refractivity contribution >= 4 is 16.8 Å². The second-order valence-electron chi connectivity index (χ2n) is 5.35. The number of rotatable bonds is 3. The summed E-state index contributed by atoms with van der Waals surface area (Å²) in [5.41, 5.74) is 2.16. The molecule has 0 atom stereocenters. The zero-order chi connectivity index (χ0) is 14.2. The summed E-state index contributed by atoms with van der Waals surface area (Å²) in [5.74, 6) is 0.658. The van der Waals surface area contributed by atoms with Crippen molar-refractivity contribution < 1.29 is 9.21 Å². The topological polar surface area (TPSA) is 75.0 Å². The van der Waals surface area contributed by atoms with Crippen LogP contribution in [0.1, 0.15) is 16.2 Å². The Bertz CT molecular complexity index is 772. The van der Waals surface area contributed by atoms with Crippen LogP contribution in [-0.2, 0) is 6.42 Å². The van der Waals surface area contributed by atoms with E-state index < -0.39 is 0 Å². The Morgan fingerprint density at radius 1 is 1.43 bits per heavy atom. The van der Waals surface area contributed by atoms with Gasteiger partial charge in [-0.05, 0) is 24.5 Å². The van der Waals surface area contributed by atoms with Crippen LogP contribution in [0.25, 0.3) is 10.9 Å². The number of carbonyl (C=O) groups is 1. The number of aromatic amines is 1. The number of oxazole rings is 1. The number of carbonyl (C=O) groups excluding carboxylic acids is 1. The first-order valence-corrected chi connectivity index (χ1v) is 6.90. The maximum Gasteiger partial charge on any atom is 0.291 e. The molecule has 0 spiro atoms. The predicted octanol–water partition coefficient (Wildman–Crippen LogP) is 1.87. The number of nitrogens with one attached hydrogen (secondary N) is 1. The van der Waals surface area contributed by atoms with E-state index in [1.807, 2.05) is 24.5 Å². The standard InChI is InChI=1S/C15H14N4O2/c20-15(13-6-16-9-21-13)19-7-10(8-19)5-12-14-11(1-3-17-12)2-4-18-14/h1-4,6,9-10,18H,5,7-8H2. The first-order valence-electron chi connectivity index (χ1n) is 6.90. The zero-order valence-corrected chi connectivity index (χ0v) is 11.3. The number of hydrogen-bond acceptors (Lipinski definition) is 4. The highest BCUT2D eigenvalue weighted by Gasteiger charge is 2.33. The van der Waals surface area contributed by atoms with Gasteiger partial charge in [0, 0.05) is 30.9 Å². The van der Waals surface area contributed by atoms with E-state index in [0.717, 1.165) is 30.7 Å². The molecule has 1 amide bonds. The molecule has 1 N–H and O–H groups in total. The van der Waals surface area contributed by atoms with E-state index in [-0.39, 0.29) is 5.91 Å². The van der Waals surface area contributed by atoms with Gasteiger partial charge in [-0.1, -0.05) is 0 Å². The lowest BCUT2D eigenvalue weighted by Crippen LogP contribution is -2.50. The van der Waals surface area contributed by atoms with Crippen molar-refractivity contribution in [2.45, 2.75) is 6.42 Å². The average molecular weight is 282 g/mol. The number of H-pyrrole nitrogens is 1. The van der Waals surface area contributed by atoms with Gasteiger partial charge >= 0.3 is 0 Å². The van der Waals surface area contributed by atoms with Gasteiger partial charge in [0.25, 0.3) is 5.91 Å². The predicted molar refractivity (Wildman–Crippen MR) is 75.7 cm³/mol. The van der Waals surface area contributed by atoms with E-state index in [2.05, 4.69) is 15.0 Å².